The second-order valence-electron chi connectivity index (χ2n) is 9.69. The van der Waals surface area contributed by atoms with E-state index in [4.69, 9.17) is 16.6 Å². The Morgan fingerprint density at radius 3 is 2.55 bits per heavy atom. The van der Waals surface area contributed by atoms with Gasteiger partial charge < -0.3 is 5.32 Å². The van der Waals surface area contributed by atoms with Gasteiger partial charge in [0.15, 0.2) is 5.69 Å². The number of pyridine rings is 1. The standard InChI is InChI=1S/C27H26ClN7O4S/c1-14-10-18(15(2)30-20-7-9-22(28)31-24(20)26(36)33-40(5,38)39)23-19(11-14)27(37)34(3)25(32-23)16-6-8-21-17(12-16)13-29-35(21)4/h6-13,15,30H,1-5H3,(H,33,36)/t15-/m1/s1. The number of carbonyl (C=O) groups excluding carboxylic acids is 1. The quantitative estimate of drug-likeness (QED) is 0.290. The number of sulfonamides is 1. The third-order valence-corrected chi connectivity index (χ3v) is 7.32. The number of fused-ring (bicyclic) bond motifs is 2. The van der Waals surface area contributed by atoms with Crippen molar-refractivity contribution in [3.05, 3.63) is 81.0 Å². The monoisotopic (exact) mass is 579 g/mol. The third-order valence-electron chi connectivity index (χ3n) is 6.55. The molecule has 1 amide bonds. The summed E-state index contributed by atoms with van der Waals surface area (Å²) in [5, 5.41) is 8.91. The number of carbonyl (C=O) groups is 1. The van der Waals surface area contributed by atoms with Gasteiger partial charge in [0.25, 0.3) is 11.5 Å². The van der Waals surface area contributed by atoms with E-state index in [1.807, 2.05) is 49.9 Å². The molecule has 0 aliphatic heterocycles. The van der Waals surface area contributed by atoms with E-state index in [-0.39, 0.29) is 22.1 Å². The summed E-state index contributed by atoms with van der Waals surface area (Å²) < 4.78 is 28.5. The number of aromatic nitrogens is 5. The van der Waals surface area contributed by atoms with Crippen molar-refractivity contribution in [1.82, 2.24) is 29.0 Å². The SMILES string of the molecule is Cc1cc([C@@H](C)Nc2ccc(Cl)nc2C(=O)NS(C)(=O)=O)c2nc(-c3ccc4c(cnn4C)c3)n(C)c(=O)c2c1. The molecule has 0 unspecified atom stereocenters. The lowest BCUT2D eigenvalue weighted by molar-refractivity contribution is 0.0977. The second kappa shape index (κ2) is 10.0. The summed E-state index contributed by atoms with van der Waals surface area (Å²) in [5.41, 5.74) is 3.65. The number of nitrogens with zero attached hydrogens (tertiary/aromatic N) is 5. The Kier molecular flexibility index (Phi) is 6.84. The van der Waals surface area contributed by atoms with Crippen molar-refractivity contribution >= 4 is 55.0 Å². The van der Waals surface area contributed by atoms with E-state index in [1.165, 1.54) is 10.6 Å². The molecule has 0 aliphatic rings. The molecule has 0 spiro atoms. The van der Waals surface area contributed by atoms with Crippen LogP contribution in [-0.4, -0.2) is 44.9 Å². The highest BCUT2D eigenvalue weighted by Crippen LogP contribution is 2.30. The van der Waals surface area contributed by atoms with Gasteiger partial charge in [0, 0.05) is 30.6 Å². The number of hydrogen-bond acceptors (Lipinski definition) is 8. The first-order valence-electron chi connectivity index (χ1n) is 12.2. The normalized spacial score (nSPS) is 12.6. The van der Waals surface area contributed by atoms with Crippen LogP contribution in [0.5, 0.6) is 0 Å². The molecule has 0 aliphatic carbocycles. The molecule has 0 saturated carbocycles. The van der Waals surface area contributed by atoms with Crippen LogP contribution in [0, 0.1) is 6.92 Å². The first-order valence-corrected chi connectivity index (χ1v) is 14.5. The summed E-state index contributed by atoms with van der Waals surface area (Å²) in [5.74, 6) is -0.434. The summed E-state index contributed by atoms with van der Waals surface area (Å²) >= 11 is 6.01. The maximum absolute atomic E-state index is 13.5. The topological polar surface area (TPSA) is 141 Å². The van der Waals surface area contributed by atoms with Gasteiger partial charge in [0.05, 0.1) is 40.6 Å². The molecule has 3 heterocycles. The van der Waals surface area contributed by atoms with Crippen LogP contribution >= 0.6 is 11.6 Å². The molecule has 1 atom stereocenters. The molecular formula is C27H26ClN7O4S. The van der Waals surface area contributed by atoms with Crippen molar-refractivity contribution in [2.24, 2.45) is 14.1 Å². The van der Waals surface area contributed by atoms with E-state index < -0.39 is 22.0 Å². The van der Waals surface area contributed by atoms with E-state index in [2.05, 4.69) is 15.4 Å². The van der Waals surface area contributed by atoms with Crippen molar-refractivity contribution in [2.45, 2.75) is 19.9 Å². The maximum atomic E-state index is 13.5. The Balaban J connectivity index is 1.63. The Morgan fingerprint density at radius 1 is 1.07 bits per heavy atom. The minimum Gasteiger partial charge on any atom is -0.377 e. The zero-order valence-electron chi connectivity index (χ0n) is 22.4. The highest BCUT2D eigenvalue weighted by Gasteiger charge is 2.22. The molecule has 5 aromatic rings. The lowest BCUT2D eigenvalue weighted by atomic mass is 10.0. The average molecular weight is 580 g/mol. The van der Waals surface area contributed by atoms with Crippen LogP contribution in [0.4, 0.5) is 5.69 Å². The van der Waals surface area contributed by atoms with Gasteiger partial charge in [0.2, 0.25) is 10.0 Å². The van der Waals surface area contributed by atoms with Crippen molar-refractivity contribution < 1.29 is 13.2 Å². The van der Waals surface area contributed by atoms with E-state index in [0.717, 1.165) is 28.3 Å². The molecule has 40 heavy (non-hydrogen) atoms. The number of amides is 1. The average Bonchev–Trinajstić information content (AvgIpc) is 3.25. The number of aryl methyl sites for hydroxylation is 2. The van der Waals surface area contributed by atoms with E-state index in [9.17, 15) is 18.0 Å². The van der Waals surface area contributed by atoms with Crippen LogP contribution in [0.15, 0.2) is 53.5 Å². The minimum absolute atomic E-state index is 0.0262. The summed E-state index contributed by atoms with van der Waals surface area (Å²) in [6.07, 6.45) is 2.64. The largest absolute Gasteiger partial charge is 0.377 e. The zero-order chi connectivity index (χ0) is 28.9. The Hall–Kier alpha value is -4.29. The molecule has 2 aromatic carbocycles. The number of rotatable bonds is 6. The van der Waals surface area contributed by atoms with Crippen LogP contribution in [-0.2, 0) is 24.1 Å². The van der Waals surface area contributed by atoms with Gasteiger partial charge in [0.1, 0.15) is 11.0 Å². The lowest BCUT2D eigenvalue weighted by Gasteiger charge is -2.20. The highest BCUT2D eigenvalue weighted by atomic mass is 35.5. The van der Waals surface area contributed by atoms with Crippen LogP contribution in [0.2, 0.25) is 5.15 Å². The first-order chi connectivity index (χ1) is 18.8. The molecule has 5 rings (SSSR count). The number of anilines is 1. The van der Waals surface area contributed by atoms with Crippen molar-refractivity contribution in [3.63, 3.8) is 0 Å². The second-order valence-corrected chi connectivity index (χ2v) is 11.8. The Bertz CT molecular complexity index is 2000. The molecule has 0 radical (unpaired) electrons. The van der Waals surface area contributed by atoms with E-state index in [1.54, 1.807) is 30.1 Å². The van der Waals surface area contributed by atoms with Gasteiger partial charge in [-0.2, -0.15) is 5.10 Å². The predicted molar refractivity (Wildman–Crippen MR) is 155 cm³/mol. The van der Waals surface area contributed by atoms with Crippen LogP contribution in [0.1, 0.15) is 34.6 Å². The highest BCUT2D eigenvalue weighted by molar-refractivity contribution is 7.89. The van der Waals surface area contributed by atoms with Crippen LogP contribution < -0.4 is 15.6 Å². The maximum Gasteiger partial charge on any atom is 0.285 e. The molecule has 3 aromatic heterocycles. The van der Waals surface area contributed by atoms with Crippen molar-refractivity contribution in [2.75, 3.05) is 11.6 Å². The molecule has 13 heteroatoms. The predicted octanol–water partition coefficient (Wildman–Crippen LogP) is 3.71. The van der Waals surface area contributed by atoms with Crippen molar-refractivity contribution in [3.8, 4) is 11.4 Å². The number of benzene rings is 2. The summed E-state index contributed by atoms with van der Waals surface area (Å²) in [6, 6.07) is 12.1. The summed E-state index contributed by atoms with van der Waals surface area (Å²) in [6.45, 7) is 3.73. The number of hydrogen-bond donors (Lipinski definition) is 2. The minimum atomic E-state index is -3.83. The molecular weight excluding hydrogens is 554 g/mol. The fourth-order valence-corrected chi connectivity index (χ4v) is 5.28. The molecule has 0 fully saturated rings. The van der Waals surface area contributed by atoms with Gasteiger partial charge in [-0.25, -0.2) is 23.1 Å². The lowest BCUT2D eigenvalue weighted by Crippen LogP contribution is -2.31. The van der Waals surface area contributed by atoms with E-state index in [0.29, 0.717) is 22.3 Å². The molecule has 0 saturated heterocycles. The number of halogens is 1. The van der Waals surface area contributed by atoms with Gasteiger partial charge >= 0.3 is 0 Å². The smallest absolute Gasteiger partial charge is 0.285 e. The van der Waals surface area contributed by atoms with Gasteiger partial charge in [-0.05, 0) is 55.8 Å². The molecule has 0 bridgehead atoms. The third kappa shape index (κ3) is 5.15. The fourth-order valence-electron chi connectivity index (χ4n) is 4.70. The van der Waals surface area contributed by atoms with Crippen LogP contribution in [0.3, 0.4) is 0 Å². The van der Waals surface area contributed by atoms with Crippen LogP contribution in [0.25, 0.3) is 33.2 Å². The Morgan fingerprint density at radius 2 is 1.82 bits per heavy atom. The summed E-state index contributed by atoms with van der Waals surface area (Å²) in [4.78, 5) is 35.2. The fraction of sp³-hybridized carbons (Fsp3) is 0.222. The number of nitrogens with one attached hydrogen (secondary N) is 2. The van der Waals surface area contributed by atoms with Crippen molar-refractivity contribution in [1.29, 1.82) is 0 Å². The van der Waals surface area contributed by atoms with Gasteiger partial charge in [-0.3, -0.25) is 18.8 Å². The zero-order valence-corrected chi connectivity index (χ0v) is 23.9. The Labute approximate surface area is 234 Å². The molecule has 206 valence electrons. The molecule has 11 nitrogen and oxygen atoms in total. The van der Waals surface area contributed by atoms with Gasteiger partial charge in [-0.1, -0.05) is 17.7 Å². The summed E-state index contributed by atoms with van der Waals surface area (Å²) in [7, 11) is -0.281. The van der Waals surface area contributed by atoms with Gasteiger partial charge in [-0.15, -0.1) is 0 Å². The molecule has 2 N–H and O–H groups in total. The first kappa shape index (κ1) is 27.3. The van der Waals surface area contributed by atoms with E-state index >= 15 is 0 Å².